The number of nitrogens with zero attached hydrogens (tertiary/aromatic N) is 1. The number of nitrogens with one attached hydrogen (secondary N) is 1. The fourth-order valence-corrected chi connectivity index (χ4v) is 1.89. The van der Waals surface area contributed by atoms with Crippen molar-refractivity contribution in [2.75, 3.05) is 5.43 Å². The lowest BCUT2D eigenvalue weighted by molar-refractivity contribution is -0.255. The first-order chi connectivity index (χ1) is 10.8. The van der Waals surface area contributed by atoms with E-state index in [9.17, 15) is 23.1 Å². The van der Waals surface area contributed by atoms with Crippen LogP contribution in [0.15, 0.2) is 47.6 Å². The van der Waals surface area contributed by atoms with Gasteiger partial charge in [-0.3, -0.25) is 5.43 Å². The molecule has 2 rings (SSSR count). The van der Waals surface area contributed by atoms with Crippen LogP contribution in [0, 0.1) is 0 Å². The maximum atomic E-state index is 12.4. The quantitative estimate of drug-likeness (QED) is 0.686. The van der Waals surface area contributed by atoms with E-state index in [-0.39, 0.29) is 10.6 Å². The second-order valence-electron chi connectivity index (χ2n) is 4.47. The highest BCUT2D eigenvalue weighted by Crippen LogP contribution is 2.28. The summed E-state index contributed by atoms with van der Waals surface area (Å²) in [4.78, 5) is 10.8. The predicted molar refractivity (Wildman–Crippen MR) is 78.4 cm³/mol. The molecule has 0 radical (unpaired) electrons. The number of alkyl halides is 3. The highest BCUT2D eigenvalue weighted by Gasteiger charge is 2.29. The predicted octanol–water partition coefficient (Wildman–Crippen LogP) is 3.17. The maximum absolute atomic E-state index is 12.4. The molecule has 0 fully saturated rings. The van der Waals surface area contributed by atoms with E-state index in [1.807, 2.05) is 0 Å². The first-order valence-corrected chi connectivity index (χ1v) is 6.62. The Balaban J connectivity index is 2.07. The Morgan fingerprint density at radius 3 is 2.39 bits per heavy atom. The van der Waals surface area contributed by atoms with Gasteiger partial charge in [0.2, 0.25) is 0 Å². The molecule has 120 valence electrons. The van der Waals surface area contributed by atoms with E-state index in [0.29, 0.717) is 11.3 Å². The van der Waals surface area contributed by atoms with Crippen LogP contribution in [0.2, 0.25) is 5.02 Å². The summed E-state index contributed by atoms with van der Waals surface area (Å²) >= 11 is 5.69. The smallest absolute Gasteiger partial charge is 0.416 e. The molecule has 0 bridgehead atoms. The Bertz CT molecular complexity index is 743. The fourth-order valence-electron chi connectivity index (χ4n) is 1.69. The number of hydrazone groups is 1. The van der Waals surface area contributed by atoms with Gasteiger partial charge in [-0.15, -0.1) is 0 Å². The molecule has 4 nitrogen and oxygen atoms in total. The molecule has 0 spiro atoms. The van der Waals surface area contributed by atoms with E-state index in [4.69, 9.17) is 11.6 Å². The van der Waals surface area contributed by atoms with Gasteiger partial charge in [-0.1, -0.05) is 23.7 Å². The third kappa shape index (κ3) is 4.46. The van der Waals surface area contributed by atoms with Crippen molar-refractivity contribution in [2.45, 2.75) is 6.18 Å². The molecule has 2 aromatic carbocycles. The number of hydrogen-bond acceptors (Lipinski definition) is 4. The standard InChI is InChI=1S/C15H10ClF3N2O2/c16-13-6-5-11(7-12(13)14(22)23)21-20-8-9-1-3-10(4-2-9)15(17,18)19/h1-8,21H,(H,22,23)/p-1/b20-8-. The molecule has 0 atom stereocenters. The van der Waals surface area contributed by atoms with Crippen LogP contribution in [0.5, 0.6) is 0 Å². The van der Waals surface area contributed by atoms with E-state index in [2.05, 4.69) is 10.5 Å². The van der Waals surface area contributed by atoms with Crippen molar-refractivity contribution in [2.24, 2.45) is 5.10 Å². The number of carbonyl (C=O) groups is 1. The van der Waals surface area contributed by atoms with E-state index >= 15 is 0 Å². The zero-order valence-corrected chi connectivity index (χ0v) is 12.2. The first-order valence-electron chi connectivity index (χ1n) is 6.24. The van der Waals surface area contributed by atoms with Crippen molar-refractivity contribution in [1.82, 2.24) is 0 Å². The second-order valence-corrected chi connectivity index (χ2v) is 4.88. The second kappa shape index (κ2) is 6.70. The minimum Gasteiger partial charge on any atom is -0.545 e. The molecule has 0 saturated heterocycles. The summed E-state index contributed by atoms with van der Waals surface area (Å²) in [5.41, 5.74) is 2.40. The van der Waals surface area contributed by atoms with Crippen LogP contribution in [-0.4, -0.2) is 12.2 Å². The summed E-state index contributed by atoms with van der Waals surface area (Å²) < 4.78 is 37.3. The van der Waals surface area contributed by atoms with Crippen LogP contribution in [0.25, 0.3) is 0 Å². The lowest BCUT2D eigenvalue weighted by Crippen LogP contribution is -2.22. The van der Waals surface area contributed by atoms with Gasteiger partial charge in [-0.2, -0.15) is 18.3 Å². The summed E-state index contributed by atoms with van der Waals surface area (Å²) in [7, 11) is 0. The molecule has 0 amide bonds. The van der Waals surface area contributed by atoms with Crippen LogP contribution < -0.4 is 10.5 Å². The van der Waals surface area contributed by atoms with Gasteiger partial charge < -0.3 is 9.90 Å². The number of rotatable bonds is 4. The van der Waals surface area contributed by atoms with Gasteiger partial charge in [-0.25, -0.2) is 0 Å². The van der Waals surface area contributed by atoms with Gasteiger partial charge >= 0.3 is 6.18 Å². The lowest BCUT2D eigenvalue weighted by atomic mass is 10.1. The number of hydrogen-bond donors (Lipinski definition) is 1. The van der Waals surface area contributed by atoms with Gasteiger partial charge in [0, 0.05) is 10.6 Å². The number of aromatic carboxylic acids is 1. The minimum atomic E-state index is -4.39. The van der Waals surface area contributed by atoms with Crippen LogP contribution in [0.3, 0.4) is 0 Å². The zero-order chi connectivity index (χ0) is 17.0. The molecule has 0 aliphatic heterocycles. The number of halogens is 4. The molecule has 2 aromatic rings. The Hall–Kier alpha value is -2.54. The SMILES string of the molecule is O=C([O-])c1cc(N/N=C\c2ccc(C(F)(F)F)cc2)ccc1Cl. The minimum absolute atomic E-state index is 0.0299. The molecule has 0 heterocycles. The molecule has 0 aromatic heterocycles. The molecule has 8 heteroatoms. The normalized spacial score (nSPS) is 11.7. The topological polar surface area (TPSA) is 64.5 Å². The van der Waals surface area contributed by atoms with Crippen molar-refractivity contribution in [3.8, 4) is 0 Å². The van der Waals surface area contributed by atoms with Gasteiger partial charge in [0.1, 0.15) is 0 Å². The summed E-state index contributed by atoms with van der Waals surface area (Å²) in [6.45, 7) is 0. The molecule has 0 aliphatic rings. The Labute approximate surface area is 134 Å². The van der Waals surface area contributed by atoms with Gasteiger partial charge in [0.15, 0.2) is 0 Å². The maximum Gasteiger partial charge on any atom is 0.416 e. The Morgan fingerprint density at radius 1 is 1.17 bits per heavy atom. The number of benzene rings is 2. The van der Waals surface area contributed by atoms with E-state index in [1.165, 1.54) is 36.5 Å². The monoisotopic (exact) mass is 341 g/mol. The first kappa shape index (κ1) is 16.8. The number of anilines is 1. The lowest BCUT2D eigenvalue weighted by Gasteiger charge is -2.08. The number of carbonyl (C=O) groups excluding carboxylic acids is 1. The molecule has 1 N–H and O–H groups in total. The van der Waals surface area contributed by atoms with Crippen molar-refractivity contribution >= 4 is 29.5 Å². The van der Waals surface area contributed by atoms with Crippen molar-refractivity contribution < 1.29 is 23.1 Å². The average molecular weight is 342 g/mol. The molecule has 0 saturated carbocycles. The van der Waals surface area contributed by atoms with Crippen molar-refractivity contribution in [3.05, 3.63) is 64.2 Å². The average Bonchev–Trinajstić information content (AvgIpc) is 2.48. The van der Waals surface area contributed by atoms with Crippen LogP contribution >= 0.6 is 11.6 Å². The van der Waals surface area contributed by atoms with Crippen LogP contribution in [0.1, 0.15) is 21.5 Å². The summed E-state index contributed by atoms with van der Waals surface area (Å²) in [6, 6.07) is 8.52. The number of carboxylic acid groups (broad SMARTS) is 1. The van der Waals surface area contributed by atoms with Crippen LogP contribution in [-0.2, 0) is 6.18 Å². The largest absolute Gasteiger partial charge is 0.545 e. The van der Waals surface area contributed by atoms with Gasteiger partial charge in [-0.05, 0) is 35.9 Å². The van der Waals surface area contributed by atoms with Gasteiger partial charge in [0.25, 0.3) is 0 Å². The fraction of sp³-hybridized carbons (Fsp3) is 0.0667. The molecule has 0 unspecified atom stereocenters. The van der Waals surface area contributed by atoms with E-state index in [0.717, 1.165) is 12.1 Å². The van der Waals surface area contributed by atoms with E-state index < -0.39 is 17.7 Å². The molecule has 23 heavy (non-hydrogen) atoms. The summed E-state index contributed by atoms with van der Waals surface area (Å²) in [5.74, 6) is -1.43. The van der Waals surface area contributed by atoms with Crippen molar-refractivity contribution in [3.63, 3.8) is 0 Å². The highest BCUT2D eigenvalue weighted by molar-refractivity contribution is 6.33. The summed E-state index contributed by atoms with van der Waals surface area (Å²) in [5, 5.41) is 14.7. The van der Waals surface area contributed by atoms with Crippen LogP contribution in [0.4, 0.5) is 18.9 Å². The third-order valence-electron chi connectivity index (χ3n) is 2.83. The third-order valence-corrected chi connectivity index (χ3v) is 3.16. The molecular formula is C15H9ClF3N2O2-. The Morgan fingerprint density at radius 2 is 1.83 bits per heavy atom. The highest BCUT2D eigenvalue weighted by atomic mass is 35.5. The number of carboxylic acids is 1. The molecule has 0 aliphatic carbocycles. The van der Waals surface area contributed by atoms with Crippen molar-refractivity contribution in [1.29, 1.82) is 0 Å². The summed E-state index contributed by atoms with van der Waals surface area (Å²) in [6.07, 6.45) is -3.09. The van der Waals surface area contributed by atoms with E-state index in [1.54, 1.807) is 0 Å². The van der Waals surface area contributed by atoms with Gasteiger partial charge in [0.05, 0.1) is 23.4 Å². The molecular weight excluding hydrogens is 333 g/mol. The zero-order valence-electron chi connectivity index (χ0n) is 11.4. The Kier molecular flexibility index (Phi) is 4.90.